The molecule has 4 aromatic rings. The van der Waals surface area contributed by atoms with Crippen LogP contribution in [-0.2, 0) is 0 Å². The quantitative estimate of drug-likeness (QED) is 0.429. The van der Waals surface area contributed by atoms with Crippen molar-refractivity contribution in [1.29, 1.82) is 0 Å². The van der Waals surface area contributed by atoms with Crippen LogP contribution in [-0.4, -0.2) is 52.4 Å². The number of aromatic amines is 1. The molecule has 170 valence electrons. The van der Waals surface area contributed by atoms with Crippen molar-refractivity contribution in [3.8, 4) is 17.1 Å². The second kappa shape index (κ2) is 7.68. The SMILES string of the molecule is COc1nc(N2CC3CCC(C2)N3)c2cc(Cl)c(-c3c(C)c(Cl)cc4[nH]ncc34)c(F)c2n1. The molecule has 0 aliphatic carbocycles. The third-order valence-electron chi connectivity index (χ3n) is 6.73. The highest BCUT2D eigenvalue weighted by molar-refractivity contribution is 6.36. The summed E-state index contributed by atoms with van der Waals surface area (Å²) in [6.45, 7) is 3.41. The van der Waals surface area contributed by atoms with Crippen LogP contribution in [0.3, 0.4) is 0 Å². The summed E-state index contributed by atoms with van der Waals surface area (Å²) in [4.78, 5) is 11.2. The summed E-state index contributed by atoms with van der Waals surface area (Å²) in [7, 11) is 1.48. The van der Waals surface area contributed by atoms with Crippen molar-refractivity contribution in [3.63, 3.8) is 0 Å². The van der Waals surface area contributed by atoms with Gasteiger partial charge < -0.3 is 15.0 Å². The number of ether oxygens (including phenoxy) is 1. The molecule has 2 fully saturated rings. The van der Waals surface area contributed by atoms with Crippen molar-refractivity contribution >= 4 is 50.8 Å². The molecule has 2 aromatic carbocycles. The topological polar surface area (TPSA) is 79.0 Å². The molecule has 2 aromatic heterocycles. The lowest BCUT2D eigenvalue weighted by Crippen LogP contribution is -2.51. The highest BCUT2D eigenvalue weighted by Crippen LogP contribution is 2.44. The highest BCUT2D eigenvalue weighted by atomic mass is 35.5. The molecule has 33 heavy (non-hydrogen) atoms. The van der Waals surface area contributed by atoms with Crippen LogP contribution in [0.4, 0.5) is 10.2 Å². The predicted octanol–water partition coefficient (Wildman–Crippen LogP) is 4.88. The van der Waals surface area contributed by atoms with Crippen LogP contribution in [0.1, 0.15) is 18.4 Å². The van der Waals surface area contributed by atoms with E-state index in [1.165, 1.54) is 7.11 Å². The molecule has 2 N–H and O–H groups in total. The molecule has 4 heterocycles. The third kappa shape index (κ3) is 3.23. The van der Waals surface area contributed by atoms with Gasteiger partial charge in [0.15, 0.2) is 5.82 Å². The maximum absolute atomic E-state index is 16.3. The van der Waals surface area contributed by atoms with Gasteiger partial charge >= 0.3 is 6.01 Å². The fourth-order valence-electron chi connectivity index (χ4n) is 5.18. The minimum Gasteiger partial charge on any atom is -0.467 e. The Kier molecular flexibility index (Phi) is 4.87. The molecule has 0 spiro atoms. The Labute approximate surface area is 199 Å². The fourth-order valence-corrected chi connectivity index (χ4v) is 5.67. The average Bonchev–Trinajstić information content (AvgIpc) is 3.40. The molecule has 0 radical (unpaired) electrons. The number of aromatic nitrogens is 4. The highest BCUT2D eigenvalue weighted by Gasteiger charge is 2.34. The lowest BCUT2D eigenvalue weighted by Gasteiger charge is -2.34. The Bertz CT molecular complexity index is 1410. The average molecular weight is 487 g/mol. The number of methoxy groups -OCH3 is 1. The predicted molar refractivity (Wildman–Crippen MR) is 128 cm³/mol. The van der Waals surface area contributed by atoms with E-state index in [0.29, 0.717) is 45.0 Å². The van der Waals surface area contributed by atoms with Crippen molar-refractivity contribution in [1.82, 2.24) is 25.5 Å². The van der Waals surface area contributed by atoms with Crippen molar-refractivity contribution in [3.05, 3.63) is 39.8 Å². The van der Waals surface area contributed by atoms with Crippen LogP contribution in [0.2, 0.25) is 10.0 Å². The summed E-state index contributed by atoms with van der Waals surface area (Å²) in [6.07, 6.45) is 3.89. The minimum atomic E-state index is -0.537. The first-order chi connectivity index (χ1) is 15.9. The summed E-state index contributed by atoms with van der Waals surface area (Å²) in [6, 6.07) is 4.43. The normalized spacial score (nSPS) is 20.2. The number of hydrogen-bond acceptors (Lipinski definition) is 6. The molecular weight excluding hydrogens is 466 g/mol. The van der Waals surface area contributed by atoms with E-state index < -0.39 is 5.82 Å². The van der Waals surface area contributed by atoms with Gasteiger partial charge in [-0.1, -0.05) is 23.2 Å². The molecule has 6 rings (SSSR count). The van der Waals surface area contributed by atoms with Gasteiger partial charge in [0.1, 0.15) is 11.3 Å². The lowest BCUT2D eigenvalue weighted by atomic mass is 9.95. The van der Waals surface area contributed by atoms with E-state index in [1.54, 1.807) is 18.3 Å². The van der Waals surface area contributed by atoms with E-state index in [-0.39, 0.29) is 22.1 Å². The smallest absolute Gasteiger partial charge is 0.318 e. The second-order valence-electron chi connectivity index (χ2n) is 8.71. The van der Waals surface area contributed by atoms with Gasteiger partial charge in [-0.2, -0.15) is 15.1 Å². The Balaban J connectivity index is 1.62. The molecule has 0 amide bonds. The molecule has 2 atom stereocenters. The van der Waals surface area contributed by atoms with Crippen LogP contribution in [0.15, 0.2) is 18.3 Å². The van der Waals surface area contributed by atoms with Gasteiger partial charge in [-0.25, -0.2) is 4.39 Å². The summed E-state index contributed by atoms with van der Waals surface area (Å²) < 4.78 is 21.6. The maximum atomic E-state index is 16.3. The Hall–Kier alpha value is -2.68. The number of nitrogens with one attached hydrogen (secondary N) is 2. The van der Waals surface area contributed by atoms with Crippen molar-refractivity contribution < 1.29 is 9.13 Å². The second-order valence-corrected chi connectivity index (χ2v) is 9.52. The van der Waals surface area contributed by atoms with Gasteiger partial charge in [-0.05, 0) is 37.5 Å². The number of rotatable bonds is 3. The van der Waals surface area contributed by atoms with Gasteiger partial charge in [0.25, 0.3) is 0 Å². The molecule has 0 saturated carbocycles. The standard InChI is InChI=1S/C23H21Cl2FN6O/c1-10-15(24)6-17-14(7-27-31-17)18(10)19-16(25)5-13-21(20(19)26)29-23(33-2)30-22(13)32-8-11-3-4-12(9-32)28-11/h5-7,11-12,28H,3-4,8-9H2,1-2H3,(H,27,31). The monoisotopic (exact) mass is 486 g/mol. The molecule has 2 aliphatic heterocycles. The van der Waals surface area contributed by atoms with Crippen molar-refractivity contribution in [2.45, 2.75) is 31.8 Å². The lowest BCUT2D eigenvalue weighted by molar-refractivity contribution is 0.380. The Morgan fingerprint density at radius 3 is 2.55 bits per heavy atom. The number of hydrogen-bond donors (Lipinski definition) is 2. The van der Waals surface area contributed by atoms with E-state index >= 15 is 4.39 Å². The number of H-pyrrole nitrogens is 1. The first kappa shape index (κ1) is 20.9. The van der Waals surface area contributed by atoms with E-state index in [4.69, 9.17) is 27.9 Å². The van der Waals surface area contributed by atoms with Crippen LogP contribution >= 0.6 is 23.2 Å². The number of benzene rings is 2. The zero-order valence-electron chi connectivity index (χ0n) is 18.0. The van der Waals surface area contributed by atoms with E-state index in [0.717, 1.165) is 31.3 Å². The van der Waals surface area contributed by atoms with Crippen LogP contribution < -0.4 is 15.0 Å². The largest absolute Gasteiger partial charge is 0.467 e. The first-order valence-electron chi connectivity index (χ1n) is 10.8. The van der Waals surface area contributed by atoms with E-state index in [2.05, 4.69) is 30.4 Å². The van der Waals surface area contributed by atoms with Gasteiger partial charge in [0.05, 0.1) is 23.8 Å². The number of anilines is 1. The van der Waals surface area contributed by atoms with Crippen molar-refractivity contribution in [2.75, 3.05) is 25.1 Å². The number of nitrogens with zero attached hydrogens (tertiary/aromatic N) is 4. The number of piperazine rings is 1. The molecule has 2 aliphatic rings. The van der Waals surface area contributed by atoms with Crippen LogP contribution in [0.5, 0.6) is 6.01 Å². The van der Waals surface area contributed by atoms with Gasteiger partial charge in [0, 0.05) is 52.1 Å². The maximum Gasteiger partial charge on any atom is 0.318 e. The molecule has 2 unspecified atom stereocenters. The van der Waals surface area contributed by atoms with Crippen LogP contribution in [0, 0.1) is 12.7 Å². The Morgan fingerprint density at radius 1 is 1.06 bits per heavy atom. The van der Waals surface area contributed by atoms with Gasteiger partial charge in [-0.15, -0.1) is 0 Å². The van der Waals surface area contributed by atoms with E-state index in [1.807, 2.05) is 6.92 Å². The zero-order chi connectivity index (χ0) is 22.9. The first-order valence-corrected chi connectivity index (χ1v) is 11.6. The summed E-state index contributed by atoms with van der Waals surface area (Å²) >= 11 is 13.2. The number of halogens is 3. The molecule has 10 heteroatoms. The summed E-state index contributed by atoms with van der Waals surface area (Å²) in [5.41, 5.74) is 2.41. The summed E-state index contributed by atoms with van der Waals surface area (Å²) in [5.74, 6) is 0.101. The van der Waals surface area contributed by atoms with E-state index in [9.17, 15) is 0 Å². The molecular formula is C23H21Cl2FN6O. The molecule has 7 nitrogen and oxygen atoms in total. The Morgan fingerprint density at radius 2 is 1.82 bits per heavy atom. The number of fused-ring (bicyclic) bond motifs is 4. The zero-order valence-corrected chi connectivity index (χ0v) is 19.6. The summed E-state index contributed by atoms with van der Waals surface area (Å²) in [5, 5.41) is 12.7. The van der Waals surface area contributed by atoms with Gasteiger partial charge in [0.2, 0.25) is 0 Å². The van der Waals surface area contributed by atoms with Crippen molar-refractivity contribution in [2.24, 2.45) is 0 Å². The van der Waals surface area contributed by atoms with Crippen LogP contribution in [0.25, 0.3) is 32.9 Å². The molecule has 2 bridgehead atoms. The third-order valence-corrected chi connectivity index (χ3v) is 7.42. The van der Waals surface area contributed by atoms with Gasteiger partial charge in [-0.3, -0.25) is 5.10 Å². The molecule has 2 saturated heterocycles. The minimum absolute atomic E-state index is 0.117. The fraction of sp³-hybridized carbons (Fsp3) is 0.348.